The summed E-state index contributed by atoms with van der Waals surface area (Å²) in [6.07, 6.45) is 11.2. The van der Waals surface area contributed by atoms with Crippen molar-refractivity contribution >= 4 is 11.8 Å². The van der Waals surface area contributed by atoms with Crippen LogP contribution in [0.3, 0.4) is 0 Å². The van der Waals surface area contributed by atoms with Gasteiger partial charge >= 0.3 is 5.97 Å². The summed E-state index contributed by atoms with van der Waals surface area (Å²) in [6, 6.07) is 10.0. The molecular weight excluding hydrogens is 508 g/mol. The molecule has 41 heavy (non-hydrogen) atoms. The van der Waals surface area contributed by atoms with Gasteiger partial charge in [0.15, 0.2) is 5.76 Å². The molecule has 5 aliphatic carbocycles. The van der Waals surface area contributed by atoms with Crippen molar-refractivity contribution in [2.24, 2.45) is 56.7 Å². The summed E-state index contributed by atoms with van der Waals surface area (Å²) < 4.78 is 6.15. The highest BCUT2D eigenvalue weighted by Crippen LogP contribution is 2.75. The number of fused-ring (bicyclic) bond motifs is 7. The van der Waals surface area contributed by atoms with E-state index in [1.807, 2.05) is 50.3 Å². The molecule has 222 valence electrons. The van der Waals surface area contributed by atoms with Gasteiger partial charge in [0.05, 0.1) is 5.41 Å². The van der Waals surface area contributed by atoms with E-state index < -0.39 is 10.8 Å². The SMILES string of the molecule is C[C@@H]1CC[C@]2(C(=O)OCc3ccccc3)CC[C@]3(C)C(=CCC4[C@@]5(C)C=C(O)C(=O)C(C)(C)C5CC[C@]43C)C2[C@H]1C. The highest BCUT2D eigenvalue weighted by molar-refractivity contribution is 5.98. The number of allylic oxidation sites excluding steroid dienone is 4. The standard InChI is InChI=1S/C37H50O4/c1-23-15-18-37(32(40)41-22-25-11-9-8-10-12-25)20-19-35(6)26(30(37)24(23)2)13-14-29-34(5)21-27(38)31(39)33(3,4)28(34)16-17-36(29,35)7/h8-13,21,23-24,28-30,38H,14-20,22H2,1-7H3/t23-,24+,28?,29?,30?,34+,35-,36-,37+/m1/s1. The lowest BCUT2D eigenvalue weighted by atomic mass is 9.34. The van der Waals surface area contributed by atoms with Gasteiger partial charge < -0.3 is 9.84 Å². The number of esters is 1. The van der Waals surface area contributed by atoms with Crippen LogP contribution in [-0.2, 0) is 20.9 Å². The number of ketones is 1. The van der Waals surface area contributed by atoms with Crippen molar-refractivity contribution < 1.29 is 19.4 Å². The second-order valence-electron chi connectivity index (χ2n) is 15.8. The van der Waals surface area contributed by atoms with Crippen LogP contribution in [0, 0.1) is 56.7 Å². The van der Waals surface area contributed by atoms with E-state index in [1.54, 1.807) is 0 Å². The van der Waals surface area contributed by atoms with Crippen LogP contribution >= 0.6 is 0 Å². The summed E-state index contributed by atoms with van der Waals surface area (Å²) in [4.78, 5) is 27.2. The molecule has 0 amide bonds. The van der Waals surface area contributed by atoms with Crippen molar-refractivity contribution in [2.75, 3.05) is 0 Å². The Morgan fingerprint density at radius 3 is 2.37 bits per heavy atom. The van der Waals surface area contributed by atoms with Crippen molar-refractivity contribution in [1.82, 2.24) is 0 Å². The third-order valence-corrected chi connectivity index (χ3v) is 13.9. The zero-order valence-corrected chi connectivity index (χ0v) is 26.3. The minimum absolute atomic E-state index is 0.00334. The van der Waals surface area contributed by atoms with E-state index in [1.165, 1.54) is 5.57 Å². The molecule has 4 heteroatoms. The first kappa shape index (κ1) is 28.7. The molecule has 9 atom stereocenters. The van der Waals surface area contributed by atoms with Crippen molar-refractivity contribution in [3.8, 4) is 0 Å². The second kappa shape index (κ2) is 9.32. The average molecular weight is 559 g/mol. The fraction of sp³-hybridized carbons (Fsp3) is 0.676. The highest BCUT2D eigenvalue weighted by Gasteiger charge is 2.69. The lowest BCUT2D eigenvalue weighted by Crippen LogP contribution is -2.64. The molecule has 5 aliphatic rings. The minimum atomic E-state index is -0.572. The van der Waals surface area contributed by atoms with E-state index >= 15 is 0 Å². The molecule has 3 saturated carbocycles. The van der Waals surface area contributed by atoms with Crippen LogP contribution < -0.4 is 0 Å². The van der Waals surface area contributed by atoms with E-state index in [4.69, 9.17) is 4.74 Å². The van der Waals surface area contributed by atoms with Gasteiger partial charge in [-0.3, -0.25) is 9.59 Å². The number of benzene rings is 1. The fourth-order valence-corrected chi connectivity index (χ4v) is 11.2. The monoisotopic (exact) mass is 558 g/mol. The largest absolute Gasteiger partial charge is 0.505 e. The van der Waals surface area contributed by atoms with Gasteiger partial charge in [-0.15, -0.1) is 0 Å². The number of ether oxygens (including phenoxy) is 1. The Bertz CT molecular complexity index is 1310. The Kier molecular flexibility index (Phi) is 6.53. The number of carbonyl (C=O) groups is 2. The molecule has 4 nitrogen and oxygen atoms in total. The summed E-state index contributed by atoms with van der Waals surface area (Å²) in [6.45, 7) is 16.5. The summed E-state index contributed by atoms with van der Waals surface area (Å²) in [5, 5.41) is 10.9. The summed E-state index contributed by atoms with van der Waals surface area (Å²) in [7, 11) is 0. The Balaban J connectivity index is 1.40. The molecule has 0 spiro atoms. The Morgan fingerprint density at radius 2 is 1.66 bits per heavy atom. The molecule has 1 N–H and O–H groups in total. The zero-order chi connectivity index (χ0) is 29.6. The van der Waals surface area contributed by atoms with Gasteiger partial charge in [0, 0.05) is 5.41 Å². The van der Waals surface area contributed by atoms with Gasteiger partial charge in [0.1, 0.15) is 6.61 Å². The van der Waals surface area contributed by atoms with E-state index in [2.05, 4.69) is 40.7 Å². The molecule has 3 fully saturated rings. The average Bonchev–Trinajstić information content (AvgIpc) is 2.93. The van der Waals surface area contributed by atoms with E-state index in [0.717, 1.165) is 50.5 Å². The maximum atomic E-state index is 14.2. The van der Waals surface area contributed by atoms with Crippen molar-refractivity contribution in [3.63, 3.8) is 0 Å². The molecule has 0 aromatic heterocycles. The molecule has 0 heterocycles. The molecule has 0 aliphatic heterocycles. The van der Waals surface area contributed by atoms with Crippen LogP contribution in [0.15, 0.2) is 53.8 Å². The molecule has 0 saturated heterocycles. The first-order valence-electron chi connectivity index (χ1n) is 16.1. The molecule has 6 rings (SSSR count). The predicted molar refractivity (Wildman–Crippen MR) is 162 cm³/mol. The van der Waals surface area contributed by atoms with Crippen LogP contribution in [0.1, 0.15) is 99.0 Å². The van der Waals surface area contributed by atoms with Crippen LogP contribution in [0.4, 0.5) is 0 Å². The first-order chi connectivity index (χ1) is 19.2. The first-order valence-corrected chi connectivity index (χ1v) is 16.1. The van der Waals surface area contributed by atoms with Gasteiger partial charge in [0.25, 0.3) is 0 Å². The summed E-state index contributed by atoms with van der Waals surface area (Å²) in [5.74, 6) is 1.52. The maximum Gasteiger partial charge on any atom is 0.313 e. The van der Waals surface area contributed by atoms with Gasteiger partial charge in [-0.25, -0.2) is 0 Å². The lowest BCUT2D eigenvalue weighted by Gasteiger charge is -2.70. The summed E-state index contributed by atoms with van der Waals surface area (Å²) >= 11 is 0. The van der Waals surface area contributed by atoms with Crippen molar-refractivity contribution in [1.29, 1.82) is 0 Å². The minimum Gasteiger partial charge on any atom is -0.505 e. The fourth-order valence-electron chi connectivity index (χ4n) is 11.2. The molecule has 1 aromatic rings. The number of hydrogen-bond acceptors (Lipinski definition) is 4. The number of aliphatic hydroxyl groups is 1. The number of hydrogen-bond donors (Lipinski definition) is 1. The van der Waals surface area contributed by atoms with Crippen LogP contribution in [0.25, 0.3) is 0 Å². The smallest absolute Gasteiger partial charge is 0.313 e. The predicted octanol–water partition coefficient (Wildman–Crippen LogP) is 8.62. The molecule has 0 radical (unpaired) electrons. The van der Waals surface area contributed by atoms with E-state index in [0.29, 0.717) is 24.4 Å². The number of carbonyl (C=O) groups excluding carboxylic acids is 2. The molecular formula is C37H50O4. The van der Waals surface area contributed by atoms with Crippen LogP contribution in [0.5, 0.6) is 0 Å². The van der Waals surface area contributed by atoms with Crippen molar-refractivity contribution in [3.05, 3.63) is 59.4 Å². The van der Waals surface area contributed by atoms with Gasteiger partial charge in [-0.05, 0) is 102 Å². The van der Waals surface area contributed by atoms with Crippen LogP contribution in [-0.4, -0.2) is 16.9 Å². The Morgan fingerprint density at radius 1 is 0.951 bits per heavy atom. The van der Waals surface area contributed by atoms with E-state index in [-0.39, 0.29) is 45.6 Å². The normalized spacial score (nSPS) is 44.8. The lowest BCUT2D eigenvalue weighted by molar-refractivity contribution is -0.183. The van der Waals surface area contributed by atoms with Gasteiger partial charge in [0.2, 0.25) is 5.78 Å². The molecule has 0 bridgehead atoms. The van der Waals surface area contributed by atoms with Crippen LogP contribution in [0.2, 0.25) is 0 Å². The number of aliphatic hydroxyl groups excluding tert-OH is 1. The zero-order valence-electron chi connectivity index (χ0n) is 26.3. The third-order valence-electron chi connectivity index (χ3n) is 13.9. The highest BCUT2D eigenvalue weighted by atomic mass is 16.5. The van der Waals surface area contributed by atoms with Crippen molar-refractivity contribution in [2.45, 2.75) is 100 Å². The number of Topliss-reactive ketones (excluding diaryl/α,β-unsaturated/α-hetero) is 1. The molecule has 3 unspecified atom stereocenters. The Hall–Kier alpha value is -2.36. The maximum absolute atomic E-state index is 14.2. The third kappa shape index (κ3) is 3.77. The topological polar surface area (TPSA) is 63.6 Å². The second-order valence-corrected chi connectivity index (χ2v) is 15.8. The number of rotatable bonds is 3. The quantitative estimate of drug-likeness (QED) is 0.298. The van der Waals surface area contributed by atoms with E-state index in [9.17, 15) is 14.7 Å². The Labute approximate surface area is 247 Å². The van der Waals surface area contributed by atoms with Gasteiger partial charge in [-0.1, -0.05) is 90.4 Å². The summed E-state index contributed by atoms with van der Waals surface area (Å²) in [5.41, 5.74) is 1.21. The molecule has 1 aromatic carbocycles. The van der Waals surface area contributed by atoms with Gasteiger partial charge in [-0.2, -0.15) is 0 Å².